The predicted molar refractivity (Wildman–Crippen MR) is 69.2 cm³/mol. The Morgan fingerprint density at radius 2 is 2.17 bits per heavy atom. The van der Waals surface area contributed by atoms with Crippen LogP contribution in [-0.2, 0) is 0 Å². The quantitative estimate of drug-likeness (QED) is 0.759. The molecule has 0 unspecified atom stereocenters. The van der Waals surface area contributed by atoms with Gasteiger partial charge in [0.15, 0.2) is 0 Å². The van der Waals surface area contributed by atoms with Gasteiger partial charge in [-0.15, -0.1) is 0 Å². The highest BCUT2D eigenvalue weighted by Crippen LogP contribution is 2.30. The van der Waals surface area contributed by atoms with Gasteiger partial charge in [-0.2, -0.15) is 0 Å². The summed E-state index contributed by atoms with van der Waals surface area (Å²) < 4.78 is 5.52. The van der Waals surface area contributed by atoms with Gasteiger partial charge in [0.1, 0.15) is 17.9 Å². The van der Waals surface area contributed by atoms with Gasteiger partial charge in [-0.05, 0) is 38.3 Å². The summed E-state index contributed by atoms with van der Waals surface area (Å²) in [5, 5.41) is 12.4. The maximum Gasteiger partial charge on any atom is 0.339 e. The number of ether oxygens (including phenoxy) is 1. The first-order valence-electron chi connectivity index (χ1n) is 6.31. The third-order valence-corrected chi connectivity index (χ3v) is 3.49. The number of nitrogens with one attached hydrogen (secondary N) is 1. The fourth-order valence-electron chi connectivity index (χ4n) is 2.17. The van der Waals surface area contributed by atoms with Crippen molar-refractivity contribution in [3.05, 3.63) is 29.8 Å². The van der Waals surface area contributed by atoms with Gasteiger partial charge in [0.2, 0.25) is 0 Å². The highest BCUT2D eigenvalue weighted by molar-refractivity contribution is 5.90. The lowest BCUT2D eigenvalue weighted by molar-refractivity contribution is 0.0692. The second-order valence-corrected chi connectivity index (χ2v) is 4.99. The van der Waals surface area contributed by atoms with E-state index in [4.69, 9.17) is 9.84 Å². The molecule has 0 saturated heterocycles. The van der Waals surface area contributed by atoms with E-state index in [0.717, 1.165) is 6.54 Å². The fraction of sp³-hybridized carbons (Fsp3) is 0.500. The van der Waals surface area contributed by atoms with Crippen molar-refractivity contribution >= 4 is 5.97 Å². The lowest BCUT2D eigenvalue weighted by atomic mass is 9.78. The summed E-state index contributed by atoms with van der Waals surface area (Å²) in [6.07, 6.45) is 3.70. The predicted octanol–water partition coefficient (Wildman–Crippen LogP) is 2.30. The fourth-order valence-corrected chi connectivity index (χ4v) is 2.17. The molecule has 1 saturated carbocycles. The first kappa shape index (κ1) is 12.9. The molecule has 98 valence electrons. The van der Waals surface area contributed by atoms with Crippen molar-refractivity contribution in [2.45, 2.75) is 31.7 Å². The molecular formula is C14H19NO3. The van der Waals surface area contributed by atoms with Gasteiger partial charge in [0, 0.05) is 12.1 Å². The maximum absolute atomic E-state index is 11.0. The van der Waals surface area contributed by atoms with Crippen molar-refractivity contribution in [1.82, 2.24) is 5.32 Å². The van der Waals surface area contributed by atoms with Crippen LogP contribution in [0.4, 0.5) is 0 Å². The van der Waals surface area contributed by atoms with Gasteiger partial charge >= 0.3 is 5.97 Å². The van der Waals surface area contributed by atoms with E-state index in [2.05, 4.69) is 12.2 Å². The molecule has 0 spiro atoms. The van der Waals surface area contributed by atoms with Crippen LogP contribution in [0.25, 0.3) is 0 Å². The molecule has 0 radical (unpaired) electrons. The Bertz CT molecular complexity index is 427. The van der Waals surface area contributed by atoms with E-state index < -0.39 is 5.97 Å². The third kappa shape index (κ3) is 3.01. The molecule has 1 aromatic rings. The van der Waals surface area contributed by atoms with E-state index in [-0.39, 0.29) is 11.1 Å². The number of aromatic carboxylic acids is 1. The number of para-hydroxylation sites is 1. The molecular weight excluding hydrogens is 230 g/mol. The summed E-state index contributed by atoms with van der Waals surface area (Å²) in [5.41, 5.74) is 0.475. The molecule has 0 atom stereocenters. The number of hydrogen-bond donors (Lipinski definition) is 2. The van der Waals surface area contributed by atoms with E-state index >= 15 is 0 Å². The zero-order valence-electron chi connectivity index (χ0n) is 10.6. The smallest absolute Gasteiger partial charge is 0.339 e. The Hall–Kier alpha value is -1.55. The zero-order valence-corrected chi connectivity index (χ0v) is 10.6. The maximum atomic E-state index is 11.0. The van der Waals surface area contributed by atoms with Crippen molar-refractivity contribution < 1.29 is 14.6 Å². The van der Waals surface area contributed by atoms with Crippen LogP contribution in [0.3, 0.4) is 0 Å². The Kier molecular flexibility index (Phi) is 3.87. The van der Waals surface area contributed by atoms with Crippen LogP contribution < -0.4 is 10.1 Å². The molecule has 1 aliphatic carbocycles. The van der Waals surface area contributed by atoms with Crippen LogP contribution in [-0.4, -0.2) is 29.8 Å². The van der Waals surface area contributed by atoms with Crippen LogP contribution in [0.15, 0.2) is 24.3 Å². The van der Waals surface area contributed by atoms with E-state index in [1.807, 2.05) is 0 Å². The molecule has 2 rings (SSSR count). The summed E-state index contributed by atoms with van der Waals surface area (Å²) in [7, 11) is 0. The molecule has 4 nitrogen and oxygen atoms in total. The molecule has 1 aromatic carbocycles. The Morgan fingerprint density at radius 1 is 1.44 bits per heavy atom. The van der Waals surface area contributed by atoms with Crippen LogP contribution in [0.5, 0.6) is 5.75 Å². The topological polar surface area (TPSA) is 58.6 Å². The van der Waals surface area contributed by atoms with Gasteiger partial charge in [-0.25, -0.2) is 4.79 Å². The molecule has 0 aromatic heterocycles. The second kappa shape index (κ2) is 5.40. The Labute approximate surface area is 107 Å². The van der Waals surface area contributed by atoms with E-state index in [1.54, 1.807) is 24.3 Å². The number of rotatable bonds is 6. The van der Waals surface area contributed by atoms with Crippen LogP contribution >= 0.6 is 0 Å². The number of carboxylic acid groups (broad SMARTS) is 1. The zero-order chi connectivity index (χ0) is 13.0. The van der Waals surface area contributed by atoms with Crippen LogP contribution in [0.1, 0.15) is 36.5 Å². The summed E-state index contributed by atoms with van der Waals surface area (Å²) in [6, 6.07) is 6.72. The monoisotopic (exact) mass is 249 g/mol. The summed E-state index contributed by atoms with van der Waals surface area (Å²) >= 11 is 0. The summed E-state index contributed by atoms with van der Waals surface area (Å²) in [4.78, 5) is 11.0. The van der Waals surface area contributed by atoms with Gasteiger partial charge in [0.05, 0.1) is 0 Å². The van der Waals surface area contributed by atoms with Crippen molar-refractivity contribution in [2.24, 2.45) is 0 Å². The van der Waals surface area contributed by atoms with Gasteiger partial charge in [-0.3, -0.25) is 0 Å². The number of benzene rings is 1. The Balaban J connectivity index is 1.81. The summed E-state index contributed by atoms with van der Waals surface area (Å²) in [6.45, 7) is 3.44. The largest absolute Gasteiger partial charge is 0.491 e. The third-order valence-electron chi connectivity index (χ3n) is 3.49. The minimum absolute atomic E-state index is 0.215. The molecule has 2 N–H and O–H groups in total. The van der Waals surface area contributed by atoms with Crippen LogP contribution in [0.2, 0.25) is 0 Å². The van der Waals surface area contributed by atoms with Crippen molar-refractivity contribution in [1.29, 1.82) is 0 Å². The van der Waals surface area contributed by atoms with Crippen molar-refractivity contribution in [3.63, 3.8) is 0 Å². The van der Waals surface area contributed by atoms with E-state index in [0.29, 0.717) is 12.4 Å². The number of carboxylic acids is 1. The second-order valence-electron chi connectivity index (χ2n) is 4.99. The highest BCUT2D eigenvalue weighted by Gasteiger charge is 2.30. The molecule has 0 bridgehead atoms. The minimum Gasteiger partial charge on any atom is -0.491 e. The van der Waals surface area contributed by atoms with Gasteiger partial charge in [0.25, 0.3) is 0 Å². The first-order chi connectivity index (χ1) is 8.61. The highest BCUT2D eigenvalue weighted by atomic mass is 16.5. The SMILES string of the molecule is CC1(NCCOc2ccccc2C(=O)O)CCC1. The van der Waals surface area contributed by atoms with E-state index in [9.17, 15) is 4.79 Å². The number of hydrogen-bond acceptors (Lipinski definition) is 3. The summed E-state index contributed by atoms with van der Waals surface area (Å²) in [5.74, 6) is -0.518. The molecule has 18 heavy (non-hydrogen) atoms. The molecule has 0 heterocycles. The molecule has 1 aliphatic rings. The van der Waals surface area contributed by atoms with Crippen LogP contribution in [0, 0.1) is 0 Å². The minimum atomic E-state index is -0.954. The molecule has 1 fully saturated rings. The lowest BCUT2D eigenvalue weighted by Gasteiger charge is -2.39. The first-order valence-corrected chi connectivity index (χ1v) is 6.31. The Morgan fingerprint density at radius 3 is 2.78 bits per heavy atom. The van der Waals surface area contributed by atoms with E-state index in [1.165, 1.54) is 19.3 Å². The normalized spacial score (nSPS) is 16.9. The van der Waals surface area contributed by atoms with Gasteiger partial charge in [-0.1, -0.05) is 12.1 Å². The lowest BCUT2D eigenvalue weighted by Crippen LogP contribution is -2.49. The average Bonchev–Trinajstić information content (AvgIpc) is 2.33. The van der Waals surface area contributed by atoms with Gasteiger partial charge < -0.3 is 15.2 Å². The standard InChI is InChI=1S/C14H19NO3/c1-14(7-4-8-14)15-9-10-18-12-6-3-2-5-11(12)13(16)17/h2-3,5-6,15H,4,7-10H2,1H3,(H,16,17). The number of carbonyl (C=O) groups is 1. The molecule has 4 heteroatoms. The van der Waals surface area contributed by atoms with Crippen molar-refractivity contribution in [2.75, 3.05) is 13.2 Å². The molecule has 0 aliphatic heterocycles. The molecule has 0 amide bonds. The average molecular weight is 249 g/mol. The van der Waals surface area contributed by atoms with Crippen molar-refractivity contribution in [3.8, 4) is 5.75 Å².